The van der Waals surface area contributed by atoms with Gasteiger partial charge in [-0.05, 0) is 25.8 Å². The van der Waals surface area contributed by atoms with Gasteiger partial charge in [0.15, 0.2) is 0 Å². The van der Waals surface area contributed by atoms with E-state index in [2.05, 4.69) is 21.2 Å². The number of halogens is 1. The molecular formula is C14H17BrN2O3. The maximum absolute atomic E-state index is 12.3. The van der Waals surface area contributed by atoms with Gasteiger partial charge < -0.3 is 5.32 Å². The van der Waals surface area contributed by atoms with E-state index in [1.54, 1.807) is 19.1 Å². The Bertz CT molecular complexity index is 539. The van der Waals surface area contributed by atoms with Crippen LogP contribution >= 0.6 is 15.9 Å². The van der Waals surface area contributed by atoms with Crippen molar-refractivity contribution in [1.29, 1.82) is 0 Å². The van der Waals surface area contributed by atoms with Gasteiger partial charge in [0.2, 0.25) is 0 Å². The fourth-order valence-corrected chi connectivity index (χ4v) is 3.31. The zero-order valence-corrected chi connectivity index (χ0v) is 12.9. The summed E-state index contributed by atoms with van der Waals surface area (Å²) in [5.41, 5.74) is 0.672. The number of nitrogens with one attached hydrogen (secondary N) is 1. The smallest absolute Gasteiger partial charge is 0.273 e. The zero-order valence-electron chi connectivity index (χ0n) is 11.3. The van der Waals surface area contributed by atoms with E-state index in [9.17, 15) is 14.9 Å². The van der Waals surface area contributed by atoms with Crippen LogP contribution in [-0.4, -0.2) is 21.7 Å². The van der Waals surface area contributed by atoms with E-state index in [0.717, 1.165) is 25.7 Å². The van der Waals surface area contributed by atoms with Crippen LogP contribution in [0.4, 0.5) is 5.69 Å². The molecule has 20 heavy (non-hydrogen) atoms. The first-order chi connectivity index (χ1) is 9.47. The highest BCUT2D eigenvalue weighted by Crippen LogP contribution is 2.31. The fourth-order valence-electron chi connectivity index (χ4n) is 2.60. The SMILES string of the molecule is Cc1ccc(C(=O)NC2(CBr)CCCC2)cc1[N+](=O)[O-]. The molecule has 0 aromatic heterocycles. The van der Waals surface area contributed by atoms with E-state index < -0.39 is 4.92 Å². The first kappa shape index (κ1) is 15.0. The van der Waals surface area contributed by atoms with Gasteiger partial charge in [-0.2, -0.15) is 0 Å². The lowest BCUT2D eigenvalue weighted by Gasteiger charge is -2.28. The minimum Gasteiger partial charge on any atom is -0.346 e. The highest BCUT2D eigenvalue weighted by Gasteiger charge is 2.34. The molecule has 2 rings (SSSR count). The van der Waals surface area contributed by atoms with Crippen molar-refractivity contribution in [1.82, 2.24) is 5.32 Å². The molecule has 0 unspecified atom stereocenters. The van der Waals surface area contributed by atoms with Crippen LogP contribution in [0.3, 0.4) is 0 Å². The van der Waals surface area contributed by atoms with Gasteiger partial charge in [-0.15, -0.1) is 0 Å². The summed E-state index contributed by atoms with van der Waals surface area (Å²) in [4.78, 5) is 22.8. The molecular weight excluding hydrogens is 324 g/mol. The number of aryl methyl sites for hydroxylation is 1. The Labute approximate surface area is 126 Å². The highest BCUT2D eigenvalue weighted by molar-refractivity contribution is 9.09. The molecule has 1 N–H and O–H groups in total. The van der Waals surface area contributed by atoms with Crippen LogP contribution in [0.1, 0.15) is 41.6 Å². The quantitative estimate of drug-likeness (QED) is 0.519. The van der Waals surface area contributed by atoms with Crippen LogP contribution in [0, 0.1) is 17.0 Å². The van der Waals surface area contributed by atoms with E-state index in [4.69, 9.17) is 0 Å². The van der Waals surface area contributed by atoms with Gasteiger partial charge in [0.25, 0.3) is 11.6 Å². The van der Waals surface area contributed by atoms with Gasteiger partial charge in [-0.25, -0.2) is 0 Å². The summed E-state index contributed by atoms with van der Waals surface area (Å²) >= 11 is 3.46. The maximum Gasteiger partial charge on any atom is 0.273 e. The molecule has 6 heteroatoms. The van der Waals surface area contributed by atoms with E-state index in [0.29, 0.717) is 16.5 Å². The molecule has 0 heterocycles. The number of alkyl halides is 1. The van der Waals surface area contributed by atoms with E-state index in [1.807, 2.05) is 0 Å². The number of hydrogen-bond acceptors (Lipinski definition) is 3. The first-order valence-electron chi connectivity index (χ1n) is 6.61. The highest BCUT2D eigenvalue weighted by atomic mass is 79.9. The number of carbonyl (C=O) groups excluding carboxylic acids is 1. The third kappa shape index (κ3) is 3.00. The van der Waals surface area contributed by atoms with Gasteiger partial charge >= 0.3 is 0 Å². The Morgan fingerprint density at radius 2 is 2.10 bits per heavy atom. The van der Waals surface area contributed by atoms with Gasteiger partial charge in [0, 0.05) is 22.5 Å². The molecule has 1 aliphatic rings. The number of benzene rings is 1. The molecule has 1 aromatic carbocycles. The van der Waals surface area contributed by atoms with Crippen LogP contribution in [-0.2, 0) is 0 Å². The summed E-state index contributed by atoms with van der Waals surface area (Å²) in [5.74, 6) is -0.241. The van der Waals surface area contributed by atoms with Crippen molar-refractivity contribution < 1.29 is 9.72 Å². The molecule has 1 aliphatic carbocycles. The average molecular weight is 341 g/mol. The fraction of sp³-hybridized carbons (Fsp3) is 0.500. The van der Waals surface area contributed by atoms with Crippen molar-refractivity contribution in [3.05, 3.63) is 39.4 Å². The number of rotatable bonds is 4. The molecule has 1 aromatic rings. The molecule has 0 saturated heterocycles. The standard InChI is InChI=1S/C14H17BrN2O3/c1-10-4-5-11(8-12(10)17(19)20)13(18)16-14(9-15)6-2-3-7-14/h4-5,8H,2-3,6-7,9H2,1H3,(H,16,18). The van der Waals surface area contributed by atoms with Crippen molar-refractivity contribution in [2.75, 3.05) is 5.33 Å². The van der Waals surface area contributed by atoms with Gasteiger partial charge in [0.1, 0.15) is 0 Å². The van der Waals surface area contributed by atoms with Gasteiger partial charge in [-0.1, -0.05) is 34.8 Å². The van der Waals surface area contributed by atoms with Crippen LogP contribution in [0.15, 0.2) is 18.2 Å². The average Bonchev–Trinajstić information content (AvgIpc) is 2.88. The number of carbonyl (C=O) groups is 1. The van der Waals surface area contributed by atoms with Crippen LogP contribution < -0.4 is 5.32 Å². The van der Waals surface area contributed by atoms with Crippen LogP contribution in [0.5, 0.6) is 0 Å². The molecule has 108 valence electrons. The number of nitrogens with zero attached hydrogens (tertiary/aromatic N) is 1. The van der Waals surface area contributed by atoms with E-state index >= 15 is 0 Å². The van der Waals surface area contributed by atoms with E-state index in [1.165, 1.54) is 6.07 Å². The predicted octanol–water partition coefficient (Wildman–Crippen LogP) is 3.34. The predicted molar refractivity (Wildman–Crippen MR) is 80.3 cm³/mol. The molecule has 0 aliphatic heterocycles. The monoisotopic (exact) mass is 340 g/mol. The van der Waals surface area contributed by atoms with Gasteiger partial charge in [-0.3, -0.25) is 14.9 Å². The molecule has 0 atom stereocenters. The van der Waals surface area contributed by atoms with Gasteiger partial charge in [0.05, 0.1) is 10.5 Å². The molecule has 5 nitrogen and oxygen atoms in total. The summed E-state index contributed by atoms with van der Waals surface area (Å²) in [6.07, 6.45) is 4.08. The summed E-state index contributed by atoms with van der Waals surface area (Å²) < 4.78 is 0. The second-order valence-corrected chi connectivity index (χ2v) is 5.89. The Morgan fingerprint density at radius 1 is 1.45 bits per heavy atom. The number of nitro groups is 1. The first-order valence-corrected chi connectivity index (χ1v) is 7.73. The summed E-state index contributed by atoms with van der Waals surface area (Å²) in [7, 11) is 0. The Hall–Kier alpha value is -1.43. The lowest BCUT2D eigenvalue weighted by molar-refractivity contribution is -0.385. The number of amides is 1. The summed E-state index contributed by atoms with van der Waals surface area (Å²) in [5, 5.41) is 14.7. The van der Waals surface area contributed by atoms with E-state index in [-0.39, 0.29) is 17.1 Å². The number of hydrogen-bond donors (Lipinski definition) is 1. The minimum atomic E-state index is -0.456. The molecule has 1 amide bonds. The Balaban J connectivity index is 2.21. The maximum atomic E-state index is 12.3. The molecule has 0 spiro atoms. The molecule has 0 radical (unpaired) electrons. The lowest BCUT2D eigenvalue weighted by Crippen LogP contribution is -2.47. The third-order valence-corrected chi connectivity index (χ3v) is 4.94. The molecule has 1 fully saturated rings. The topological polar surface area (TPSA) is 72.2 Å². The number of nitro benzene ring substituents is 1. The van der Waals surface area contributed by atoms with Crippen molar-refractivity contribution >= 4 is 27.5 Å². The Morgan fingerprint density at radius 3 is 2.65 bits per heavy atom. The molecule has 0 bridgehead atoms. The van der Waals surface area contributed by atoms with Crippen molar-refractivity contribution in [3.8, 4) is 0 Å². The van der Waals surface area contributed by atoms with Crippen molar-refractivity contribution in [3.63, 3.8) is 0 Å². The van der Waals surface area contributed by atoms with Crippen molar-refractivity contribution in [2.24, 2.45) is 0 Å². The third-order valence-electron chi connectivity index (χ3n) is 3.86. The zero-order chi connectivity index (χ0) is 14.8. The second kappa shape index (κ2) is 5.91. The minimum absolute atomic E-state index is 0.0167. The normalized spacial score (nSPS) is 16.9. The lowest BCUT2D eigenvalue weighted by atomic mass is 9.99. The largest absolute Gasteiger partial charge is 0.346 e. The summed E-state index contributed by atoms with van der Waals surface area (Å²) in [6.45, 7) is 1.66. The van der Waals surface area contributed by atoms with Crippen molar-refractivity contribution in [2.45, 2.75) is 38.1 Å². The molecule has 1 saturated carbocycles. The van der Waals surface area contributed by atoms with Crippen LogP contribution in [0.25, 0.3) is 0 Å². The second-order valence-electron chi connectivity index (χ2n) is 5.33. The van der Waals surface area contributed by atoms with Crippen LogP contribution in [0.2, 0.25) is 0 Å². The summed E-state index contributed by atoms with van der Waals surface area (Å²) in [6, 6.07) is 4.60. The Kier molecular flexibility index (Phi) is 4.42.